The fourth-order valence-corrected chi connectivity index (χ4v) is 3.13. The molecule has 0 aromatic carbocycles. The molecule has 4 N–H and O–H groups in total. The number of aromatic nitrogens is 1. The Morgan fingerprint density at radius 1 is 1.42 bits per heavy atom. The maximum atomic E-state index is 12.2. The van der Waals surface area contributed by atoms with Crippen LogP contribution in [0.5, 0.6) is 0 Å². The number of carbonyl (C=O) groups is 1. The largest absolute Gasteiger partial charge is 0.382 e. The molecule has 1 saturated carbocycles. The molecule has 1 aliphatic carbocycles. The lowest BCUT2D eigenvalue weighted by molar-refractivity contribution is 0.0953. The van der Waals surface area contributed by atoms with Crippen LogP contribution in [0.25, 0.3) is 0 Å². The summed E-state index contributed by atoms with van der Waals surface area (Å²) < 4.78 is 4.11. The molecular weight excluding hydrogens is 262 g/mol. The first-order chi connectivity index (χ1) is 9.13. The molecule has 1 aliphatic heterocycles. The van der Waals surface area contributed by atoms with Gasteiger partial charge in [-0.05, 0) is 44.4 Å². The monoisotopic (exact) mass is 281 g/mol. The molecule has 0 bridgehead atoms. The van der Waals surface area contributed by atoms with E-state index < -0.39 is 0 Å². The molecule has 2 heterocycles. The van der Waals surface area contributed by atoms with Crippen molar-refractivity contribution in [2.45, 2.75) is 31.3 Å². The Balaban J connectivity index is 1.71. The molecule has 1 amide bonds. The number of nitrogens with two attached hydrogens (primary N) is 1. The first kappa shape index (κ1) is 12.7. The molecule has 3 rings (SSSR count). The lowest BCUT2D eigenvalue weighted by atomic mass is 10.2. The fraction of sp³-hybridized carbons (Fsp3) is 0.667. The topological polar surface area (TPSA) is 83.3 Å². The summed E-state index contributed by atoms with van der Waals surface area (Å²) >= 11 is 1.27. The normalized spacial score (nSPS) is 23.5. The molecule has 104 valence electrons. The van der Waals surface area contributed by atoms with Crippen molar-refractivity contribution < 1.29 is 4.79 Å². The molecule has 2 aliphatic rings. The number of anilines is 2. The number of nitrogen functional groups attached to an aromatic ring is 1. The summed E-state index contributed by atoms with van der Waals surface area (Å²) in [5.74, 6) is 0.236. The standard InChI is InChI=1S/C12H19N5OS/c1-17-5-4-8(6-17)15-12-9(10(13)16-19-12)11(18)14-7-2-3-7/h7-8,15H,2-6H2,1H3,(H2,13,16)(H,14,18). The summed E-state index contributed by atoms with van der Waals surface area (Å²) in [6.45, 7) is 2.07. The Morgan fingerprint density at radius 2 is 2.21 bits per heavy atom. The average Bonchev–Trinajstić information content (AvgIpc) is 2.96. The second kappa shape index (κ2) is 4.97. The molecule has 19 heavy (non-hydrogen) atoms. The number of amides is 1. The highest BCUT2D eigenvalue weighted by molar-refractivity contribution is 7.11. The van der Waals surface area contributed by atoms with Crippen LogP contribution in [-0.2, 0) is 0 Å². The number of carbonyl (C=O) groups excluding carboxylic acids is 1. The zero-order valence-corrected chi connectivity index (χ0v) is 11.8. The predicted octanol–water partition coefficient (Wildman–Crippen LogP) is 0.733. The van der Waals surface area contributed by atoms with Crippen LogP contribution < -0.4 is 16.4 Å². The third-order valence-corrected chi connectivity index (χ3v) is 4.38. The van der Waals surface area contributed by atoms with Crippen LogP contribution in [0.4, 0.5) is 10.8 Å². The van der Waals surface area contributed by atoms with Gasteiger partial charge in [0.05, 0.1) is 0 Å². The van der Waals surface area contributed by atoms with Crippen LogP contribution in [0, 0.1) is 0 Å². The van der Waals surface area contributed by atoms with Gasteiger partial charge in [-0.1, -0.05) is 0 Å². The molecular formula is C12H19N5OS. The van der Waals surface area contributed by atoms with E-state index in [1.54, 1.807) is 0 Å². The highest BCUT2D eigenvalue weighted by Crippen LogP contribution is 2.30. The van der Waals surface area contributed by atoms with Crippen LogP contribution in [0.15, 0.2) is 0 Å². The van der Waals surface area contributed by atoms with Gasteiger partial charge in [-0.25, -0.2) is 0 Å². The molecule has 1 aromatic rings. The van der Waals surface area contributed by atoms with E-state index in [4.69, 9.17) is 5.73 Å². The predicted molar refractivity (Wildman–Crippen MR) is 76.5 cm³/mol. The molecule has 0 spiro atoms. The van der Waals surface area contributed by atoms with E-state index in [-0.39, 0.29) is 5.91 Å². The highest BCUT2D eigenvalue weighted by atomic mass is 32.1. The molecule has 1 unspecified atom stereocenters. The lowest BCUT2D eigenvalue weighted by Crippen LogP contribution is -2.28. The van der Waals surface area contributed by atoms with Gasteiger partial charge in [0.2, 0.25) is 0 Å². The van der Waals surface area contributed by atoms with Crippen molar-refractivity contribution in [1.29, 1.82) is 0 Å². The van der Waals surface area contributed by atoms with Crippen molar-refractivity contribution in [3.05, 3.63) is 5.56 Å². The summed E-state index contributed by atoms with van der Waals surface area (Å²) in [7, 11) is 2.10. The van der Waals surface area contributed by atoms with Gasteiger partial charge in [0.15, 0.2) is 5.82 Å². The van der Waals surface area contributed by atoms with E-state index in [1.165, 1.54) is 11.5 Å². The minimum absolute atomic E-state index is 0.0948. The van der Waals surface area contributed by atoms with E-state index in [0.29, 0.717) is 23.5 Å². The van der Waals surface area contributed by atoms with Crippen molar-refractivity contribution in [2.24, 2.45) is 0 Å². The smallest absolute Gasteiger partial charge is 0.258 e. The van der Waals surface area contributed by atoms with Gasteiger partial charge < -0.3 is 21.3 Å². The lowest BCUT2D eigenvalue weighted by Gasteiger charge is -2.13. The van der Waals surface area contributed by atoms with Gasteiger partial charge in [-0.3, -0.25) is 4.79 Å². The molecule has 1 saturated heterocycles. The maximum absolute atomic E-state index is 12.2. The second-order valence-corrected chi connectivity index (χ2v) is 6.19. The minimum Gasteiger partial charge on any atom is -0.382 e. The molecule has 6 nitrogen and oxygen atoms in total. The van der Waals surface area contributed by atoms with Crippen molar-refractivity contribution in [2.75, 3.05) is 31.2 Å². The average molecular weight is 281 g/mol. The quantitative estimate of drug-likeness (QED) is 0.758. The summed E-state index contributed by atoms with van der Waals surface area (Å²) in [5.41, 5.74) is 6.35. The fourth-order valence-electron chi connectivity index (χ4n) is 2.34. The van der Waals surface area contributed by atoms with Crippen LogP contribution in [0.3, 0.4) is 0 Å². The van der Waals surface area contributed by atoms with E-state index in [2.05, 4.69) is 27.0 Å². The van der Waals surface area contributed by atoms with Gasteiger partial charge in [-0.2, -0.15) is 4.37 Å². The Hall–Kier alpha value is -1.34. The SMILES string of the molecule is CN1CCC(Nc2snc(N)c2C(=O)NC2CC2)C1. The minimum atomic E-state index is -0.0948. The number of hydrogen-bond donors (Lipinski definition) is 3. The van der Waals surface area contributed by atoms with E-state index in [9.17, 15) is 4.79 Å². The van der Waals surface area contributed by atoms with Crippen molar-refractivity contribution >= 4 is 28.3 Å². The molecule has 1 aromatic heterocycles. The molecule has 2 fully saturated rings. The Labute approximate surface area is 116 Å². The number of nitrogens with zero attached hydrogens (tertiary/aromatic N) is 2. The van der Waals surface area contributed by atoms with Gasteiger partial charge in [0.25, 0.3) is 5.91 Å². The van der Waals surface area contributed by atoms with Crippen LogP contribution in [0.1, 0.15) is 29.6 Å². The van der Waals surface area contributed by atoms with Gasteiger partial charge in [0.1, 0.15) is 10.6 Å². The van der Waals surface area contributed by atoms with Crippen molar-refractivity contribution in [1.82, 2.24) is 14.6 Å². The Kier molecular flexibility index (Phi) is 3.32. The van der Waals surface area contributed by atoms with Gasteiger partial charge in [-0.15, -0.1) is 0 Å². The number of likely N-dealkylation sites (N-methyl/N-ethyl adjacent to an activating group) is 1. The van der Waals surface area contributed by atoms with Crippen molar-refractivity contribution in [3.63, 3.8) is 0 Å². The second-order valence-electron chi connectivity index (χ2n) is 5.41. The zero-order chi connectivity index (χ0) is 13.4. The summed E-state index contributed by atoms with van der Waals surface area (Å²) in [6, 6.07) is 0.703. The highest BCUT2D eigenvalue weighted by Gasteiger charge is 2.29. The number of nitrogens with one attached hydrogen (secondary N) is 2. The summed E-state index contributed by atoms with van der Waals surface area (Å²) in [4.78, 5) is 14.4. The van der Waals surface area contributed by atoms with Crippen LogP contribution >= 0.6 is 11.5 Å². The van der Waals surface area contributed by atoms with Crippen LogP contribution in [-0.4, -0.2) is 47.4 Å². The number of hydrogen-bond acceptors (Lipinski definition) is 6. The van der Waals surface area contributed by atoms with Crippen LogP contribution in [0.2, 0.25) is 0 Å². The van der Waals surface area contributed by atoms with E-state index >= 15 is 0 Å². The maximum Gasteiger partial charge on any atom is 0.258 e. The third-order valence-electron chi connectivity index (χ3n) is 3.58. The molecule has 1 atom stereocenters. The molecule has 0 radical (unpaired) electrons. The first-order valence-corrected chi connectivity index (χ1v) is 7.42. The Bertz CT molecular complexity index is 484. The summed E-state index contributed by atoms with van der Waals surface area (Å²) in [5, 5.41) is 7.18. The van der Waals surface area contributed by atoms with E-state index in [1.807, 2.05) is 0 Å². The Morgan fingerprint density at radius 3 is 2.84 bits per heavy atom. The zero-order valence-electron chi connectivity index (χ0n) is 11.0. The molecule has 7 heteroatoms. The summed E-state index contributed by atoms with van der Waals surface area (Å²) in [6.07, 6.45) is 3.22. The van der Waals surface area contributed by atoms with Gasteiger partial charge in [0, 0.05) is 18.6 Å². The number of rotatable bonds is 4. The van der Waals surface area contributed by atoms with Gasteiger partial charge >= 0.3 is 0 Å². The number of likely N-dealkylation sites (tertiary alicyclic amines) is 1. The van der Waals surface area contributed by atoms with E-state index in [0.717, 1.165) is 37.4 Å². The first-order valence-electron chi connectivity index (χ1n) is 6.64. The third kappa shape index (κ3) is 2.82. The van der Waals surface area contributed by atoms with Crippen molar-refractivity contribution in [3.8, 4) is 0 Å².